The minimum atomic E-state index is -3.64. The molecule has 0 spiro atoms. The van der Waals surface area contributed by atoms with Crippen molar-refractivity contribution < 1.29 is 17.9 Å². The first-order valence-corrected chi connectivity index (χ1v) is 10.2. The van der Waals surface area contributed by atoms with Crippen LogP contribution in [-0.2, 0) is 21.4 Å². The maximum atomic E-state index is 12.5. The topological polar surface area (TPSA) is 87.7 Å². The van der Waals surface area contributed by atoms with Gasteiger partial charge in [-0.2, -0.15) is 0 Å². The van der Waals surface area contributed by atoms with Crippen molar-refractivity contribution in [1.29, 1.82) is 0 Å². The summed E-state index contributed by atoms with van der Waals surface area (Å²) in [7, 11) is -1.64. The van der Waals surface area contributed by atoms with E-state index in [0.717, 1.165) is 13.1 Å². The Kier molecular flexibility index (Phi) is 6.10. The highest BCUT2D eigenvalue weighted by molar-refractivity contribution is 7.89. The number of hydrogen-bond acceptors (Lipinski definition) is 5. The zero-order valence-corrected chi connectivity index (χ0v) is 16.0. The van der Waals surface area contributed by atoms with Crippen LogP contribution in [0.15, 0.2) is 53.4 Å². The molecule has 1 amide bonds. The van der Waals surface area contributed by atoms with Gasteiger partial charge in [-0.15, -0.1) is 0 Å². The molecule has 7 nitrogen and oxygen atoms in total. The number of benzene rings is 2. The average molecular weight is 389 g/mol. The summed E-state index contributed by atoms with van der Waals surface area (Å²) in [6.45, 7) is 1.86. The summed E-state index contributed by atoms with van der Waals surface area (Å²) >= 11 is 0. The first kappa shape index (κ1) is 19.3. The van der Waals surface area contributed by atoms with E-state index in [4.69, 9.17) is 4.74 Å². The molecule has 0 aromatic heterocycles. The Morgan fingerprint density at radius 2 is 1.96 bits per heavy atom. The van der Waals surface area contributed by atoms with E-state index in [1.165, 1.54) is 17.7 Å². The highest BCUT2D eigenvalue weighted by Crippen LogP contribution is 2.29. The molecule has 1 heterocycles. The van der Waals surface area contributed by atoms with E-state index in [0.29, 0.717) is 24.4 Å². The highest BCUT2D eigenvalue weighted by Gasteiger charge is 2.20. The number of nitrogens with one attached hydrogen (secondary N) is 2. The number of carbonyl (C=O) groups is 1. The van der Waals surface area contributed by atoms with Crippen LogP contribution in [0.25, 0.3) is 0 Å². The first-order chi connectivity index (χ1) is 12.9. The minimum absolute atomic E-state index is 0.0617. The van der Waals surface area contributed by atoms with Gasteiger partial charge in [-0.3, -0.25) is 4.79 Å². The van der Waals surface area contributed by atoms with Gasteiger partial charge in [0.25, 0.3) is 5.91 Å². The molecule has 0 fully saturated rings. The van der Waals surface area contributed by atoms with Crippen molar-refractivity contribution >= 4 is 21.6 Å². The Balaban J connectivity index is 1.50. The van der Waals surface area contributed by atoms with Gasteiger partial charge in [-0.25, -0.2) is 13.1 Å². The van der Waals surface area contributed by atoms with Gasteiger partial charge in [-0.1, -0.05) is 30.3 Å². The predicted octanol–water partition coefficient (Wildman–Crippen LogP) is 1.82. The molecule has 0 bridgehead atoms. The second-order valence-corrected chi connectivity index (χ2v) is 8.24. The first-order valence-electron chi connectivity index (χ1n) is 8.73. The van der Waals surface area contributed by atoms with Crippen molar-refractivity contribution in [2.75, 3.05) is 32.1 Å². The van der Waals surface area contributed by atoms with Gasteiger partial charge in [-0.05, 0) is 43.8 Å². The summed E-state index contributed by atoms with van der Waals surface area (Å²) in [6.07, 6.45) is 0.688. The standard InChI is InChI=1S/C19H23N3O4S/c1-22(13-15-6-3-2-4-7-15)11-5-10-20-27(24,25)16-8-9-18-17(12-16)21-19(23)14-26-18/h2-4,6-9,12,20H,5,10-11,13-14H2,1H3,(H,21,23). The number of amides is 1. The van der Waals surface area contributed by atoms with Crippen LogP contribution in [0, 0.1) is 0 Å². The van der Waals surface area contributed by atoms with Crippen LogP contribution in [0.1, 0.15) is 12.0 Å². The van der Waals surface area contributed by atoms with Gasteiger partial charge < -0.3 is 15.0 Å². The van der Waals surface area contributed by atoms with Gasteiger partial charge in [0, 0.05) is 13.1 Å². The normalized spacial score (nSPS) is 13.8. The number of carbonyl (C=O) groups excluding carboxylic acids is 1. The monoisotopic (exact) mass is 389 g/mol. The Hall–Kier alpha value is -2.42. The molecule has 0 radical (unpaired) electrons. The minimum Gasteiger partial charge on any atom is -0.482 e. The fourth-order valence-electron chi connectivity index (χ4n) is 2.84. The van der Waals surface area contributed by atoms with E-state index < -0.39 is 10.0 Å². The maximum absolute atomic E-state index is 12.5. The Morgan fingerprint density at radius 3 is 2.74 bits per heavy atom. The van der Waals surface area contributed by atoms with Gasteiger partial charge in [0.2, 0.25) is 10.0 Å². The van der Waals surface area contributed by atoms with Crippen molar-refractivity contribution in [1.82, 2.24) is 9.62 Å². The smallest absolute Gasteiger partial charge is 0.262 e. The lowest BCUT2D eigenvalue weighted by Gasteiger charge is -2.19. The molecule has 1 aliphatic heterocycles. The molecule has 0 saturated heterocycles. The van der Waals surface area contributed by atoms with Crippen molar-refractivity contribution in [2.24, 2.45) is 0 Å². The summed E-state index contributed by atoms with van der Waals surface area (Å²) in [5, 5.41) is 2.61. The van der Waals surface area contributed by atoms with Crippen LogP contribution in [0.2, 0.25) is 0 Å². The quantitative estimate of drug-likeness (QED) is 0.673. The Bertz CT molecular complexity index is 900. The van der Waals surface area contributed by atoms with Crippen LogP contribution in [0.3, 0.4) is 0 Å². The molecular weight excluding hydrogens is 366 g/mol. The molecule has 0 saturated carbocycles. The van der Waals surface area contributed by atoms with Crippen LogP contribution >= 0.6 is 0 Å². The lowest BCUT2D eigenvalue weighted by Crippen LogP contribution is -2.29. The highest BCUT2D eigenvalue weighted by atomic mass is 32.2. The predicted molar refractivity (Wildman–Crippen MR) is 103 cm³/mol. The third-order valence-corrected chi connectivity index (χ3v) is 5.66. The number of sulfonamides is 1. The Morgan fingerprint density at radius 1 is 1.19 bits per heavy atom. The molecule has 8 heteroatoms. The molecule has 2 aromatic rings. The summed E-state index contributed by atoms with van der Waals surface area (Å²) in [5.41, 5.74) is 1.59. The number of hydrogen-bond donors (Lipinski definition) is 2. The maximum Gasteiger partial charge on any atom is 0.262 e. The van der Waals surface area contributed by atoms with Crippen molar-refractivity contribution in [3.8, 4) is 5.75 Å². The van der Waals surface area contributed by atoms with E-state index in [9.17, 15) is 13.2 Å². The van der Waals surface area contributed by atoms with Gasteiger partial charge in [0.05, 0.1) is 10.6 Å². The summed E-state index contributed by atoms with van der Waals surface area (Å²) in [4.78, 5) is 13.6. The molecule has 0 aliphatic carbocycles. The number of fused-ring (bicyclic) bond motifs is 1. The fourth-order valence-corrected chi connectivity index (χ4v) is 3.94. The molecule has 0 atom stereocenters. The Labute approximate surface area is 159 Å². The van der Waals surface area contributed by atoms with E-state index >= 15 is 0 Å². The van der Waals surface area contributed by atoms with E-state index in [2.05, 4.69) is 27.1 Å². The molecule has 3 rings (SSSR count). The average Bonchev–Trinajstić information content (AvgIpc) is 2.65. The van der Waals surface area contributed by atoms with Crippen molar-refractivity contribution in [2.45, 2.75) is 17.9 Å². The van der Waals surface area contributed by atoms with Crippen LogP contribution in [0.5, 0.6) is 5.75 Å². The second-order valence-electron chi connectivity index (χ2n) is 6.47. The van der Waals surface area contributed by atoms with Crippen LogP contribution in [0.4, 0.5) is 5.69 Å². The number of rotatable bonds is 8. The molecule has 2 aromatic carbocycles. The molecular formula is C19H23N3O4S. The largest absolute Gasteiger partial charge is 0.482 e. The van der Waals surface area contributed by atoms with Crippen molar-refractivity contribution in [3.05, 3.63) is 54.1 Å². The zero-order valence-electron chi connectivity index (χ0n) is 15.1. The van der Waals surface area contributed by atoms with E-state index in [1.54, 1.807) is 6.07 Å². The summed E-state index contributed by atoms with van der Waals surface area (Å²) in [5.74, 6) is 0.169. The summed E-state index contributed by atoms with van der Waals surface area (Å²) in [6, 6.07) is 14.6. The number of nitrogens with zero attached hydrogens (tertiary/aromatic N) is 1. The van der Waals surface area contributed by atoms with E-state index in [-0.39, 0.29) is 17.4 Å². The second kappa shape index (κ2) is 8.51. The molecule has 2 N–H and O–H groups in total. The number of ether oxygens (including phenoxy) is 1. The third-order valence-electron chi connectivity index (χ3n) is 4.20. The fraction of sp³-hybridized carbons (Fsp3) is 0.316. The summed E-state index contributed by atoms with van der Waals surface area (Å²) < 4.78 is 32.8. The lowest BCUT2D eigenvalue weighted by atomic mass is 10.2. The van der Waals surface area contributed by atoms with Crippen molar-refractivity contribution in [3.63, 3.8) is 0 Å². The molecule has 0 unspecified atom stereocenters. The molecule has 1 aliphatic rings. The van der Waals surface area contributed by atoms with Crippen LogP contribution in [-0.4, -0.2) is 46.0 Å². The van der Waals surface area contributed by atoms with Gasteiger partial charge in [0.15, 0.2) is 6.61 Å². The zero-order chi connectivity index (χ0) is 19.3. The SMILES string of the molecule is CN(CCCNS(=O)(=O)c1ccc2c(c1)NC(=O)CO2)Cc1ccccc1. The molecule has 144 valence electrons. The van der Waals surface area contributed by atoms with Crippen LogP contribution < -0.4 is 14.8 Å². The van der Waals surface area contributed by atoms with Gasteiger partial charge in [0.1, 0.15) is 5.75 Å². The van der Waals surface area contributed by atoms with E-state index in [1.807, 2.05) is 25.2 Å². The van der Waals surface area contributed by atoms with Gasteiger partial charge >= 0.3 is 0 Å². The number of anilines is 1. The molecule has 27 heavy (non-hydrogen) atoms. The third kappa shape index (κ3) is 5.29. The lowest BCUT2D eigenvalue weighted by molar-refractivity contribution is -0.118.